The quantitative estimate of drug-likeness (QED) is 0.842. The standard InChI is InChI=1S/C16H25NO3S/c1-12-6-8-15(9-7-12)21(19,20)11-13(2)17-10-14-4-3-5-16(14)18/h6-9,13-14,16-18H,3-5,10-11H2,1-2H3/t13-,14-,16+/m0/s1. The minimum absolute atomic E-state index is 0.0822. The van der Waals surface area contributed by atoms with Crippen molar-refractivity contribution in [2.45, 2.75) is 50.2 Å². The summed E-state index contributed by atoms with van der Waals surface area (Å²) < 4.78 is 24.6. The molecule has 0 heterocycles. The van der Waals surface area contributed by atoms with Gasteiger partial charge in [-0.1, -0.05) is 24.1 Å². The second-order valence-electron chi connectivity index (χ2n) is 6.16. The number of aliphatic hydroxyl groups excluding tert-OH is 1. The fourth-order valence-electron chi connectivity index (χ4n) is 2.84. The van der Waals surface area contributed by atoms with Crippen molar-refractivity contribution in [2.24, 2.45) is 5.92 Å². The highest BCUT2D eigenvalue weighted by Gasteiger charge is 2.26. The predicted octanol–water partition coefficient (Wildman–Crippen LogP) is 1.91. The van der Waals surface area contributed by atoms with Crippen molar-refractivity contribution in [1.82, 2.24) is 5.32 Å². The maximum atomic E-state index is 12.3. The van der Waals surface area contributed by atoms with Gasteiger partial charge in [-0.25, -0.2) is 8.42 Å². The SMILES string of the molecule is Cc1ccc(S(=O)(=O)C[C@H](C)NC[C@@H]2CCC[C@H]2O)cc1. The van der Waals surface area contributed by atoms with Crippen molar-refractivity contribution < 1.29 is 13.5 Å². The van der Waals surface area contributed by atoms with E-state index in [1.54, 1.807) is 12.1 Å². The molecule has 3 atom stereocenters. The van der Waals surface area contributed by atoms with E-state index in [4.69, 9.17) is 0 Å². The van der Waals surface area contributed by atoms with E-state index in [2.05, 4.69) is 5.32 Å². The third kappa shape index (κ3) is 4.53. The normalized spacial score (nSPS) is 24.1. The second-order valence-corrected chi connectivity index (χ2v) is 8.20. The third-order valence-corrected chi connectivity index (χ3v) is 6.13. The Morgan fingerprint density at radius 2 is 1.95 bits per heavy atom. The van der Waals surface area contributed by atoms with E-state index in [-0.39, 0.29) is 23.8 Å². The number of hydrogen-bond donors (Lipinski definition) is 2. The lowest BCUT2D eigenvalue weighted by Gasteiger charge is -2.19. The van der Waals surface area contributed by atoms with Gasteiger partial charge in [0.25, 0.3) is 0 Å². The molecule has 5 heteroatoms. The van der Waals surface area contributed by atoms with E-state index in [0.29, 0.717) is 11.4 Å². The van der Waals surface area contributed by atoms with Gasteiger partial charge in [0.1, 0.15) is 0 Å². The summed E-state index contributed by atoms with van der Waals surface area (Å²) in [5.74, 6) is 0.341. The van der Waals surface area contributed by atoms with Gasteiger partial charge in [-0.05, 0) is 44.7 Å². The zero-order valence-electron chi connectivity index (χ0n) is 12.7. The first-order chi connectivity index (χ1) is 9.88. The fourth-order valence-corrected chi connectivity index (χ4v) is 4.36. The number of benzene rings is 1. The Hall–Kier alpha value is -0.910. The van der Waals surface area contributed by atoms with E-state index in [0.717, 1.165) is 24.8 Å². The first-order valence-electron chi connectivity index (χ1n) is 7.59. The van der Waals surface area contributed by atoms with Crippen molar-refractivity contribution in [3.05, 3.63) is 29.8 Å². The van der Waals surface area contributed by atoms with E-state index in [9.17, 15) is 13.5 Å². The molecule has 1 aromatic carbocycles. The minimum Gasteiger partial charge on any atom is -0.393 e. The van der Waals surface area contributed by atoms with E-state index in [1.165, 1.54) is 0 Å². The highest BCUT2D eigenvalue weighted by molar-refractivity contribution is 7.91. The van der Waals surface area contributed by atoms with Gasteiger partial charge in [-0.3, -0.25) is 0 Å². The van der Waals surface area contributed by atoms with Gasteiger partial charge < -0.3 is 10.4 Å². The number of nitrogens with one attached hydrogen (secondary N) is 1. The average molecular weight is 311 g/mol. The molecule has 1 aliphatic rings. The van der Waals surface area contributed by atoms with Crippen molar-refractivity contribution in [1.29, 1.82) is 0 Å². The summed E-state index contributed by atoms with van der Waals surface area (Å²) in [5, 5.41) is 13.0. The molecule has 0 bridgehead atoms. The summed E-state index contributed by atoms with van der Waals surface area (Å²) in [6.45, 7) is 4.51. The molecule has 118 valence electrons. The van der Waals surface area contributed by atoms with Crippen LogP contribution in [0, 0.1) is 12.8 Å². The van der Waals surface area contributed by atoms with E-state index >= 15 is 0 Å². The van der Waals surface area contributed by atoms with Gasteiger partial charge in [-0.15, -0.1) is 0 Å². The fraction of sp³-hybridized carbons (Fsp3) is 0.625. The molecular formula is C16H25NO3S. The number of hydrogen-bond acceptors (Lipinski definition) is 4. The Balaban J connectivity index is 1.89. The lowest BCUT2D eigenvalue weighted by atomic mass is 10.1. The number of aryl methyl sites for hydroxylation is 1. The lowest BCUT2D eigenvalue weighted by Crippen LogP contribution is -2.38. The summed E-state index contributed by atoms with van der Waals surface area (Å²) in [7, 11) is -3.26. The van der Waals surface area contributed by atoms with Crippen LogP contribution in [0.3, 0.4) is 0 Å². The highest BCUT2D eigenvalue weighted by atomic mass is 32.2. The van der Waals surface area contributed by atoms with Crippen LogP contribution in [0.2, 0.25) is 0 Å². The Labute approximate surface area is 127 Å². The maximum absolute atomic E-state index is 12.3. The van der Waals surface area contributed by atoms with Gasteiger partial charge in [0.05, 0.1) is 16.8 Å². The zero-order valence-corrected chi connectivity index (χ0v) is 13.6. The number of sulfone groups is 1. The van der Waals surface area contributed by atoms with Gasteiger partial charge in [0.2, 0.25) is 0 Å². The van der Waals surface area contributed by atoms with Crippen LogP contribution < -0.4 is 5.32 Å². The van der Waals surface area contributed by atoms with Crippen LogP contribution in [-0.4, -0.2) is 38.0 Å². The highest BCUT2D eigenvalue weighted by Crippen LogP contribution is 2.24. The third-order valence-electron chi connectivity index (χ3n) is 4.20. The molecule has 4 nitrogen and oxygen atoms in total. The molecule has 1 fully saturated rings. The molecule has 0 aliphatic heterocycles. The van der Waals surface area contributed by atoms with Crippen LogP contribution in [-0.2, 0) is 9.84 Å². The van der Waals surface area contributed by atoms with Crippen molar-refractivity contribution >= 4 is 9.84 Å². The van der Waals surface area contributed by atoms with Crippen LogP contribution in [0.1, 0.15) is 31.7 Å². The monoisotopic (exact) mass is 311 g/mol. The molecule has 0 saturated heterocycles. The van der Waals surface area contributed by atoms with Crippen molar-refractivity contribution in [3.63, 3.8) is 0 Å². The zero-order chi connectivity index (χ0) is 15.5. The van der Waals surface area contributed by atoms with Crippen LogP contribution in [0.5, 0.6) is 0 Å². The molecule has 0 unspecified atom stereocenters. The van der Waals surface area contributed by atoms with Crippen LogP contribution in [0.4, 0.5) is 0 Å². The molecular weight excluding hydrogens is 286 g/mol. The van der Waals surface area contributed by atoms with Gasteiger partial charge >= 0.3 is 0 Å². The predicted molar refractivity (Wildman–Crippen MR) is 84.0 cm³/mol. The molecule has 1 saturated carbocycles. The first-order valence-corrected chi connectivity index (χ1v) is 9.24. The summed E-state index contributed by atoms with van der Waals surface area (Å²) in [6.07, 6.45) is 2.70. The lowest BCUT2D eigenvalue weighted by molar-refractivity contribution is 0.130. The summed E-state index contributed by atoms with van der Waals surface area (Å²) in [4.78, 5) is 0.377. The molecule has 0 amide bonds. The molecule has 0 radical (unpaired) electrons. The van der Waals surface area contributed by atoms with Gasteiger partial charge in [0.15, 0.2) is 9.84 Å². The largest absolute Gasteiger partial charge is 0.393 e. The molecule has 1 aliphatic carbocycles. The van der Waals surface area contributed by atoms with Gasteiger partial charge in [-0.2, -0.15) is 0 Å². The molecule has 2 rings (SSSR count). The summed E-state index contributed by atoms with van der Waals surface area (Å²) in [5.41, 5.74) is 1.05. The molecule has 0 spiro atoms. The van der Waals surface area contributed by atoms with Crippen molar-refractivity contribution in [3.8, 4) is 0 Å². The van der Waals surface area contributed by atoms with E-state index in [1.807, 2.05) is 26.0 Å². The minimum atomic E-state index is -3.26. The number of rotatable bonds is 6. The molecule has 0 aromatic heterocycles. The molecule has 1 aromatic rings. The average Bonchev–Trinajstić information content (AvgIpc) is 2.82. The topological polar surface area (TPSA) is 66.4 Å². The Morgan fingerprint density at radius 1 is 1.29 bits per heavy atom. The Morgan fingerprint density at radius 3 is 2.52 bits per heavy atom. The van der Waals surface area contributed by atoms with Crippen molar-refractivity contribution in [2.75, 3.05) is 12.3 Å². The van der Waals surface area contributed by atoms with Crippen LogP contribution in [0.25, 0.3) is 0 Å². The second kappa shape index (κ2) is 6.90. The molecule has 2 N–H and O–H groups in total. The summed E-state index contributed by atoms with van der Waals surface area (Å²) in [6, 6.07) is 6.85. The Kier molecular flexibility index (Phi) is 5.41. The maximum Gasteiger partial charge on any atom is 0.179 e. The number of aliphatic hydroxyl groups is 1. The Bertz CT molecular complexity index is 553. The molecule has 21 heavy (non-hydrogen) atoms. The van der Waals surface area contributed by atoms with Gasteiger partial charge in [0, 0.05) is 12.6 Å². The van der Waals surface area contributed by atoms with Crippen LogP contribution >= 0.6 is 0 Å². The summed E-state index contributed by atoms with van der Waals surface area (Å²) >= 11 is 0. The van der Waals surface area contributed by atoms with E-state index < -0.39 is 9.84 Å². The van der Waals surface area contributed by atoms with Crippen LogP contribution in [0.15, 0.2) is 29.2 Å². The first kappa shape index (κ1) is 16.5. The smallest absolute Gasteiger partial charge is 0.179 e.